The number of benzene rings is 2. The Morgan fingerprint density at radius 3 is 2.71 bits per heavy atom. The largest absolute Gasteiger partial charge is 0.381 e. The molecule has 0 spiro atoms. The highest BCUT2D eigenvalue weighted by atomic mass is 16.2. The minimum Gasteiger partial charge on any atom is -0.381 e. The molecule has 5 rings (SSSR count). The van der Waals surface area contributed by atoms with E-state index in [1.165, 1.54) is 21.5 Å². The summed E-state index contributed by atoms with van der Waals surface area (Å²) in [6.45, 7) is 6.34. The van der Waals surface area contributed by atoms with Crippen molar-refractivity contribution >= 4 is 40.6 Å². The van der Waals surface area contributed by atoms with Gasteiger partial charge in [-0.3, -0.25) is 19.0 Å². The van der Waals surface area contributed by atoms with Crippen LogP contribution in [0.4, 0.5) is 11.6 Å². The van der Waals surface area contributed by atoms with E-state index in [-0.39, 0.29) is 28.7 Å². The van der Waals surface area contributed by atoms with Crippen LogP contribution in [0.25, 0.3) is 16.6 Å². The van der Waals surface area contributed by atoms with Crippen molar-refractivity contribution in [3.8, 4) is 17.5 Å². The number of nitrogens with two attached hydrogens (primary N) is 1. The van der Waals surface area contributed by atoms with Gasteiger partial charge in [0.2, 0.25) is 5.91 Å². The molecule has 4 aromatic rings. The molecule has 1 unspecified atom stereocenters. The highest BCUT2D eigenvalue weighted by Crippen LogP contribution is 2.26. The molecule has 0 bridgehead atoms. The van der Waals surface area contributed by atoms with Crippen LogP contribution in [-0.2, 0) is 11.8 Å². The summed E-state index contributed by atoms with van der Waals surface area (Å²) in [6, 6.07) is 13.6. The van der Waals surface area contributed by atoms with E-state index in [2.05, 4.69) is 33.8 Å². The zero-order valence-electron chi connectivity index (χ0n) is 23.4. The lowest BCUT2D eigenvalue weighted by molar-refractivity contribution is -0.127. The number of allylic oxidation sites excluding steroid dienone is 1. The Morgan fingerprint density at radius 1 is 1.21 bits per heavy atom. The number of para-hydroxylation sites is 1. The molecule has 1 aliphatic heterocycles. The van der Waals surface area contributed by atoms with Gasteiger partial charge >= 0.3 is 0 Å². The standard InChI is InChI=1S/C31H30N8O3/c1-4-17-33-29-26(27(32)36-37(29)3)30(41)34-20(2)28-35-23-15-8-11-21(12-9-18-38-19-10-16-24(38)40)25(23)31(42)39(28)22-13-6-5-7-14-22/h4-8,11,13-15,17,20H,1,10,16,18-19H2,2-3H3,(H2,32,36)(H,34,41)/b33-17-. The second kappa shape index (κ2) is 11.9. The molecule has 3 N–H and O–H groups in total. The topological polar surface area (TPSA) is 140 Å². The number of nitrogen functional groups attached to an aromatic ring is 1. The Morgan fingerprint density at radius 2 is 2.00 bits per heavy atom. The molecule has 3 heterocycles. The second-order valence-electron chi connectivity index (χ2n) is 9.78. The first kappa shape index (κ1) is 28.0. The maximum atomic E-state index is 14.1. The van der Waals surface area contributed by atoms with E-state index < -0.39 is 11.9 Å². The molecule has 2 aromatic heterocycles. The minimum absolute atomic E-state index is 0.0178. The van der Waals surface area contributed by atoms with Crippen LogP contribution in [0.5, 0.6) is 0 Å². The molecule has 42 heavy (non-hydrogen) atoms. The number of aryl methyl sites for hydroxylation is 1. The molecule has 11 heteroatoms. The van der Waals surface area contributed by atoms with Gasteiger partial charge in [0.05, 0.1) is 29.2 Å². The van der Waals surface area contributed by atoms with E-state index in [1.54, 1.807) is 49.2 Å². The van der Waals surface area contributed by atoms with E-state index in [9.17, 15) is 14.4 Å². The van der Waals surface area contributed by atoms with Gasteiger partial charge in [0.25, 0.3) is 11.5 Å². The maximum Gasteiger partial charge on any atom is 0.267 e. The van der Waals surface area contributed by atoms with Crippen LogP contribution in [0.3, 0.4) is 0 Å². The van der Waals surface area contributed by atoms with Gasteiger partial charge in [0, 0.05) is 31.8 Å². The van der Waals surface area contributed by atoms with Crippen molar-refractivity contribution < 1.29 is 9.59 Å². The fourth-order valence-corrected chi connectivity index (χ4v) is 4.93. The Labute approximate surface area is 242 Å². The smallest absolute Gasteiger partial charge is 0.267 e. The quantitative estimate of drug-likeness (QED) is 0.262. The summed E-state index contributed by atoms with van der Waals surface area (Å²) in [5, 5.41) is 7.39. The molecule has 0 saturated carbocycles. The molecule has 1 saturated heterocycles. The van der Waals surface area contributed by atoms with Crippen molar-refractivity contribution in [2.75, 3.05) is 18.8 Å². The van der Waals surface area contributed by atoms with Crippen molar-refractivity contribution in [2.45, 2.75) is 25.8 Å². The van der Waals surface area contributed by atoms with Crippen LogP contribution in [0.2, 0.25) is 0 Å². The molecule has 0 aliphatic carbocycles. The van der Waals surface area contributed by atoms with Gasteiger partial charge in [-0.05, 0) is 37.6 Å². The third-order valence-corrected chi connectivity index (χ3v) is 6.91. The first-order valence-corrected chi connectivity index (χ1v) is 13.5. The molecule has 2 aromatic carbocycles. The summed E-state index contributed by atoms with van der Waals surface area (Å²) in [5.74, 6) is 6.29. The minimum atomic E-state index is -0.721. The second-order valence-corrected chi connectivity index (χ2v) is 9.78. The first-order valence-electron chi connectivity index (χ1n) is 13.5. The lowest BCUT2D eigenvalue weighted by Crippen LogP contribution is -2.33. The van der Waals surface area contributed by atoms with Crippen LogP contribution >= 0.6 is 0 Å². The number of amides is 2. The fraction of sp³-hybridized carbons (Fsp3) is 0.226. The summed E-state index contributed by atoms with van der Waals surface area (Å²) >= 11 is 0. The van der Waals surface area contributed by atoms with E-state index in [1.807, 2.05) is 18.2 Å². The number of fused-ring (bicyclic) bond motifs is 1. The number of aliphatic imine (C=N–C) groups is 1. The SMILES string of the molecule is C=C/C=N\c1c(C(=O)NC(C)c2nc3cccc(C#CCN4CCCC4=O)c3c(=O)n2-c2ccccc2)c(N)nn1C. The average molecular weight is 563 g/mol. The number of nitrogens with one attached hydrogen (secondary N) is 1. The average Bonchev–Trinajstić information content (AvgIpc) is 3.52. The number of hydrogen-bond donors (Lipinski definition) is 2. The summed E-state index contributed by atoms with van der Waals surface area (Å²) < 4.78 is 2.89. The van der Waals surface area contributed by atoms with Gasteiger partial charge in [0.15, 0.2) is 11.6 Å². The monoisotopic (exact) mass is 562 g/mol. The third kappa shape index (κ3) is 5.42. The number of anilines is 1. The van der Waals surface area contributed by atoms with Gasteiger partial charge in [-0.25, -0.2) is 14.7 Å². The zero-order chi connectivity index (χ0) is 29.8. The third-order valence-electron chi connectivity index (χ3n) is 6.91. The van der Waals surface area contributed by atoms with E-state index in [4.69, 9.17) is 10.7 Å². The number of likely N-dealkylation sites (tertiary alicyclic amines) is 1. The Bertz CT molecular complexity index is 1840. The van der Waals surface area contributed by atoms with Crippen molar-refractivity contribution in [1.82, 2.24) is 29.5 Å². The number of rotatable bonds is 7. The molecular weight excluding hydrogens is 532 g/mol. The zero-order valence-corrected chi connectivity index (χ0v) is 23.4. The molecule has 2 amide bonds. The number of nitrogens with zero attached hydrogens (tertiary/aromatic N) is 6. The summed E-state index contributed by atoms with van der Waals surface area (Å²) in [6.07, 6.45) is 4.29. The van der Waals surface area contributed by atoms with E-state index in [0.717, 1.165) is 6.42 Å². The molecule has 0 radical (unpaired) electrons. The van der Waals surface area contributed by atoms with Gasteiger partial charge in [0.1, 0.15) is 11.4 Å². The molecule has 11 nitrogen and oxygen atoms in total. The highest BCUT2D eigenvalue weighted by Gasteiger charge is 2.26. The van der Waals surface area contributed by atoms with Crippen LogP contribution in [0.15, 0.2) is 71.0 Å². The van der Waals surface area contributed by atoms with Gasteiger partial charge in [-0.2, -0.15) is 5.10 Å². The van der Waals surface area contributed by atoms with Crippen LogP contribution in [0.1, 0.15) is 47.6 Å². The van der Waals surface area contributed by atoms with Crippen molar-refractivity contribution in [3.05, 3.63) is 88.5 Å². The number of hydrogen-bond acceptors (Lipinski definition) is 7. The molecule has 1 atom stereocenters. The maximum absolute atomic E-state index is 14.1. The number of aromatic nitrogens is 4. The fourth-order valence-electron chi connectivity index (χ4n) is 4.93. The lowest BCUT2D eigenvalue weighted by Gasteiger charge is -2.20. The summed E-state index contributed by atoms with van der Waals surface area (Å²) in [4.78, 5) is 50.4. The highest BCUT2D eigenvalue weighted by molar-refractivity contribution is 6.03. The number of carbonyl (C=O) groups is 2. The van der Waals surface area contributed by atoms with Gasteiger partial charge in [-0.1, -0.05) is 48.8 Å². The van der Waals surface area contributed by atoms with Gasteiger partial charge < -0.3 is 16.0 Å². The predicted octanol–water partition coefficient (Wildman–Crippen LogP) is 3.05. The number of carbonyl (C=O) groups excluding carboxylic acids is 2. The van der Waals surface area contributed by atoms with Crippen LogP contribution in [-0.4, -0.2) is 55.3 Å². The van der Waals surface area contributed by atoms with Gasteiger partial charge in [-0.15, -0.1) is 0 Å². The summed E-state index contributed by atoms with van der Waals surface area (Å²) in [7, 11) is 1.63. The Kier molecular flexibility index (Phi) is 7.97. The van der Waals surface area contributed by atoms with Crippen molar-refractivity contribution in [1.29, 1.82) is 0 Å². The lowest BCUT2D eigenvalue weighted by atomic mass is 10.1. The van der Waals surface area contributed by atoms with Crippen molar-refractivity contribution in [3.63, 3.8) is 0 Å². The van der Waals surface area contributed by atoms with Crippen LogP contribution < -0.4 is 16.6 Å². The Hall–Kier alpha value is -5.50. The molecular formula is C31H30N8O3. The summed E-state index contributed by atoms with van der Waals surface area (Å²) in [5.41, 5.74) is 7.35. The molecule has 1 aliphatic rings. The van der Waals surface area contributed by atoms with E-state index >= 15 is 0 Å². The predicted molar refractivity (Wildman–Crippen MR) is 162 cm³/mol. The normalized spacial score (nSPS) is 13.8. The molecule has 1 fully saturated rings. The van der Waals surface area contributed by atoms with E-state index in [0.29, 0.717) is 47.5 Å². The van der Waals surface area contributed by atoms with Crippen LogP contribution in [0, 0.1) is 11.8 Å². The van der Waals surface area contributed by atoms with Crippen molar-refractivity contribution in [2.24, 2.45) is 12.0 Å². The Balaban J connectivity index is 1.58. The molecule has 212 valence electrons. The first-order chi connectivity index (χ1) is 20.3.